The number of ether oxygens (including phenoxy) is 2. The van der Waals surface area contributed by atoms with Gasteiger partial charge in [0.15, 0.2) is 11.8 Å². The predicted octanol–water partition coefficient (Wildman–Crippen LogP) is 8.24. The number of aromatic nitrogens is 4. The van der Waals surface area contributed by atoms with E-state index in [0.29, 0.717) is 34.9 Å². The number of non-ortho nitro benzene ring substituents is 1. The molecule has 2 N–H and O–H groups in total. The normalized spacial score (nSPS) is 12.5. The number of anilines is 1. The van der Waals surface area contributed by atoms with E-state index in [-0.39, 0.29) is 39.6 Å². The minimum absolute atomic E-state index is 0.0109. The molecule has 0 aliphatic carbocycles. The number of H-pyrrole nitrogens is 1. The van der Waals surface area contributed by atoms with E-state index in [0.717, 1.165) is 18.4 Å². The Morgan fingerprint density at radius 2 is 1.62 bits per heavy atom. The molecule has 0 saturated heterocycles. The molecule has 3 aromatic carbocycles. The smallest absolute Gasteiger partial charge is 0.315 e. The summed E-state index contributed by atoms with van der Waals surface area (Å²) in [5, 5.41) is 25.3. The lowest BCUT2D eigenvalue weighted by molar-refractivity contribution is -0.384. The highest BCUT2D eigenvalue weighted by molar-refractivity contribution is 5.94. The Hall–Kier alpha value is -5.52. The first-order valence-corrected chi connectivity index (χ1v) is 16.8. The molecule has 262 valence electrons. The van der Waals surface area contributed by atoms with E-state index in [9.17, 15) is 19.7 Å². The number of nitro groups is 1. The third kappa shape index (κ3) is 7.24. The number of hydrogen-bond acceptors (Lipinski definition) is 8. The Morgan fingerprint density at radius 3 is 2.22 bits per heavy atom. The van der Waals surface area contributed by atoms with Crippen LogP contribution in [-0.4, -0.2) is 36.9 Å². The maximum atomic E-state index is 13.7. The number of aryl methyl sites for hydroxylation is 1. The summed E-state index contributed by atoms with van der Waals surface area (Å²) >= 11 is 0. The van der Waals surface area contributed by atoms with Crippen LogP contribution >= 0.6 is 0 Å². The molecular formula is C38H44N6O6. The van der Waals surface area contributed by atoms with Crippen LogP contribution in [0.25, 0.3) is 17.1 Å². The van der Waals surface area contributed by atoms with Gasteiger partial charge in [-0.15, -0.1) is 5.10 Å². The number of nitro benzene ring substituents is 1. The summed E-state index contributed by atoms with van der Waals surface area (Å²) < 4.78 is 13.6. The highest BCUT2D eigenvalue weighted by Crippen LogP contribution is 2.39. The molecule has 1 amide bonds. The van der Waals surface area contributed by atoms with E-state index in [1.165, 1.54) is 34.5 Å². The zero-order valence-corrected chi connectivity index (χ0v) is 29.8. The van der Waals surface area contributed by atoms with Gasteiger partial charge in [-0.3, -0.25) is 24.8 Å². The summed E-state index contributed by atoms with van der Waals surface area (Å²) in [6.45, 7) is 16.8. The lowest BCUT2D eigenvalue weighted by atomic mass is 9.76. The van der Waals surface area contributed by atoms with E-state index >= 15 is 0 Å². The van der Waals surface area contributed by atoms with Crippen LogP contribution in [0, 0.1) is 17.0 Å². The van der Waals surface area contributed by atoms with Crippen molar-refractivity contribution in [2.75, 3.05) is 5.32 Å². The van der Waals surface area contributed by atoms with Crippen molar-refractivity contribution in [3.05, 3.63) is 104 Å². The summed E-state index contributed by atoms with van der Waals surface area (Å²) in [5.41, 5.74) is 3.77. The predicted molar refractivity (Wildman–Crippen MR) is 193 cm³/mol. The number of aromatic amines is 1. The fourth-order valence-electron chi connectivity index (χ4n) is 5.45. The van der Waals surface area contributed by atoms with Crippen molar-refractivity contribution in [3.8, 4) is 34.3 Å². The quantitative estimate of drug-likeness (QED) is 0.0931. The summed E-state index contributed by atoms with van der Waals surface area (Å²) in [5.74, 6) is 0.551. The number of amides is 1. The van der Waals surface area contributed by atoms with E-state index in [2.05, 4.69) is 74.3 Å². The van der Waals surface area contributed by atoms with E-state index in [1.54, 1.807) is 31.2 Å². The third-order valence-electron chi connectivity index (χ3n) is 9.59. The molecule has 2 aliphatic heterocycles. The van der Waals surface area contributed by atoms with Gasteiger partial charge in [0.05, 0.1) is 16.3 Å². The third-order valence-corrected chi connectivity index (χ3v) is 9.59. The lowest BCUT2D eigenvalue weighted by Crippen LogP contribution is -2.33. The number of benzene rings is 3. The first kappa shape index (κ1) is 35.8. The molecular weight excluding hydrogens is 636 g/mol. The van der Waals surface area contributed by atoms with Gasteiger partial charge in [0.2, 0.25) is 5.75 Å². The first-order chi connectivity index (χ1) is 23.7. The lowest BCUT2D eigenvalue weighted by Gasteiger charge is -2.31. The van der Waals surface area contributed by atoms with Crippen LogP contribution in [0.5, 0.6) is 17.2 Å². The highest BCUT2D eigenvalue weighted by atomic mass is 16.6. The molecule has 12 nitrogen and oxygen atoms in total. The van der Waals surface area contributed by atoms with Crippen molar-refractivity contribution in [1.82, 2.24) is 20.0 Å². The number of fused-ring (bicyclic) bond motifs is 1. The van der Waals surface area contributed by atoms with Crippen LogP contribution in [0.1, 0.15) is 84.5 Å². The molecule has 1 atom stereocenters. The number of rotatable bonds is 13. The van der Waals surface area contributed by atoms with E-state index in [4.69, 9.17) is 9.47 Å². The molecule has 0 spiro atoms. The summed E-state index contributed by atoms with van der Waals surface area (Å²) in [4.78, 5) is 37.8. The second-order valence-corrected chi connectivity index (χ2v) is 13.7. The second-order valence-electron chi connectivity index (χ2n) is 13.7. The van der Waals surface area contributed by atoms with Crippen molar-refractivity contribution in [2.24, 2.45) is 0 Å². The SMILES string of the molecule is CCC(Oc1ccc(C(C)(C)CC)cc1C(C)(C)CC)C(=O)Nc1ccc(-n2[nH]c3c(C)nnc-3c(Oc3ccc([N+](=O)[O-])cc3)c2=O)cc1. The average molecular weight is 681 g/mol. The van der Waals surface area contributed by atoms with Crippen LogP contribution in [0.2, 0.25) is 0 Å². The van der Waals surface area contributed by atoms with Crippen LogP contribution in [-0.2, 0) is 15.6 Å². The van der Waals surface area contributed by atoms with Crippen molar-refractivity contribution >= 4 is 17.3 Å². The molecule has 2 heterocycles. The molecule has 0 bridgehead atoms. The largest absolute Gasteiger partial charge is 0.480 e. The van der Waals surface area contributed by atoms with Crippen LogP contribution in [0.3, 0.4) is 0 Å². The van der Waals surface area contributed by atoms with Gasteiger partial charge in [0.25, 0.3) is 11.6 Å². The van der Waals surface area contributed by atoms with Crippen molar-refractivity contribution < 1.29 is 19.2 Å². The Bertz CT molecular complexity index is 2030. The Morgan fingerprint density at radius 1 is 0.960 bits per heavy atom. The maximum Gasteiger partial charge on any atom is 0.315 e. The molecule has 50 heavy (non-hydrogen) atoms. The molecule has 0 fully saturated rings. The minimum Gasteiger partial charge on any atom is -0.480 e. The number of hydrogen-bond donors (Lipinski definition) is 2. The van der Waals surface area contributed by atoms with Gasteiger partial charge in [0.1, 0.15) is 17.2 Å². The molecule has 2 aliphatic rings. The Labute approximate surface area is 291 Å². The number of carbonyl (C=O) groups is 1. The van der Waals surface area contributed by atoms with Crippen molar-refractivity contribution in [1.29, 1.82) is 0 Å². The molecule has 0 aromatic heterocycles. The standard InChI is InChI=1S/C38H44N6O6/c1-9-30(50-31-21-12-24(37(5,6)10-2)22-29(31)38(7,8)11-3)35(45)39-25-13-15-26(16-14-25)43-36(46)34(33-32(42-43)23(4)40-41-33)49-28-19-17-27(18-20-28)44(47)48/h12-22,30,42H,9-11H2,1-8H3,(H,39,45). The molecule has 0 radical (unpaired) electrons. The zero-order chi connectivity index (χ0) is 36.4. The number of nitrogens with zero attached hydrogens (tertiary/aromatic N) is 4. The van der Waals surface area contributed by atoms with E-state index < -0.39 is 16.6 Å². The summed E-state index contributed by atoms with van der Waals surface area (Å²) in [6, 6.07) is 18.5. The molecule has 3 aromatic rings. The fourth-order valence-corrected chi connectivity index (χ4v) is 5.45. The topological polar surface area (TPSA) is 154 Å². The average Bonchev–Trinajstić information content (AvgIpc) is 3.48. The fraction of sp³-hybridized carbons (Fsp3) is 0.368. The number of nitrogens with one attached hydrogen (secondary N) is 2. The molecule has 0 saturated carbocycles. The Kier molecular flexibility index (Phi) is 10.1. The van der Waals surface area contributed by atoms with Crippen LogP contribution < -0.4 is 20.3 Å². The van der Waals surface area contributed by atoms with Gasteiger partial charge in [-0.2, -0.15) is 5.10 Å². The van der Waals surface area contributed by atoms with Gasteiger partial charge >= 0.3 is 5.56 Å². The highest BCUT2D eigenvalue weighted by Gasteiger charge is 2.29. The number of carbonyl (C=O) groups excluding carboxylic acids is 1. The molecule has 5 rings (SSSR count). The van der Waals surface area contributed by atoms with Crippen LogP contribution in [0.15, 0.2) is 71.5 Å². The molecule has 1 unspecified atom stereocenters. The maximum absolute atomic E-state index is 13.7. The van der Waals surface area contributed by atoms with E-state index in [1.807, 2.05) is 13.0 Å². The Balaban J connectivity index is 1.39. The summed E-state index contributed by atoms with van der Waals surface area (Å²) in [6.07, 6.45) is 1.63. The monoisotopic (exact) mass is 680 g/mol. The first-order valence-electron chi connectivity index (χ1n) is 16.8. The second kappa shape index (κ2) is 14.1. The van der Waals surface area contributed by atoms with Crippen molar-refractivity contribution in [2.45, 2.75) is 91.6 Å². The van der Waals surface area contributed by atoms with Gasteiger partial charge in [-0.25, -0.2) is 4.68 Å². The van der Waals surface area contributed by atoms with Gasteiger partial charge in [-0.1, -0.05) is 60.6 Å². The minimum atomic E-state index is -0.732. The van der Waals surface area contributed by atoms with Gasteiger partial charge in [-0.05, 0) is 85.0 Å². The summed E-state index contributed by atoms with van der Waals surface area (Å²) in [7, 11) is 0. The van der Waals surface area contributed by atoms with Gasteiger partial charge in [0, 0.05) is 23.4 Å². The van der Waals surface area contributed by atoms with Gasteiger partial charge < -0.3 is 14.8 Å². The van der Waals surface area contributed by atoms with Crippen molar-refractivity contribution in [3.63, 3.8) is 0 Å². The van der Waals surface area contributed by atoms with Crippen LogP contribution in [0.4, 0.5) is 11.4 Å². The zero-order valence-electron chi connectivity index (χ0n) is 29.8. The molecule has 12 heteroatoms.